The van der Waals surface area contributed by atoms with Gasteiger partial charge in [0.05, 0.1) is 42.5 Å². The maximum Gasteiger partial charge on any atom is 0.198 e. The number of rotatable bonds is 2. The van der Waals surface area contributed by atoms with Crippen molar-refractivity contribution in [1.29, 1.82) is 0 Å². The molecule has 4 unspecified atom stereocenters. The Balaban J connectivity index is 1.71. The molecule has 4 nitrogen and oxygen atoms in total. The van der Waals surface area contributed by atoms with E-state index in [2.05, 4.69) is 11.6 Å². The number of aromatic nitrogens is 1. The van der Waals surface area contributed by atoms with Crippen LogP contribution in [0, 0.1) is 35.1 Å². The van der Waals surface area contributed by atoms with E-state index in [1.54, 1.807) is 18.2 Å². The van der Waals surface area contributed by atoms with Crippen LogP contribution < -0.4 is 4.74 Å². The second-order valence-electron chi connectivity index (χ2n) is 10.1. The Kier molecular flexibility index (Phi) is 4.99. The van der Waals surface area contributed by atoms with Gasteiger partial charge in [-0.1, -0.05) is 6.08 Å². The first-order valence-corrected chi connectivity index (χ1v) is 11.8. The normalized spacial score (nSPS) is 29.1. The molecule has 2 aromatic carbocycles. The first-order valence-electron chi connectivity index (χ1n) is 11.8. The molecule has 0 saturated carbocycles. The third kappa shape index (κ3) is 3.09. The van der Waals surface area contributed by atoms with Gasteiger partial charge in [0.2, 0.25) is 0 Å². The molecule has 3 saturated heterocycles. The van der Waals surface area contributed by atoms with Crippen molar-refractivity contribution in [2.45, 2.75) is 31.5 Å². The SMILES string of the molecule is C=CC1C[N+]23CCC1CC2[C@H](O)c1cc(nc2ccc(OC)cc12)-c1c(F)c(F)c(F)c(F)c1C3. The molecule has 3 aromatic rings. The first kappa shape index (κ1) is 22.5. The number of aliphatic hydroxyl groups excluding tert-OH is 1. The van der Waals surface area contributed by atoms with Gasteiger partial charge in [0.25, 0.3) is 0 Å². The minimum absolute atomic E-state index is 0.0314. The summed E-state index contributed by atoms with van der Waals surface area (Å²) in [6, 6.07) is 6.23. The van der Waals surface area contributed by atoms with Crippen LogP contribution in [0.15, 0.2) is 36.9 Å². The number of hydrogen-bond donors (Lipinski definition) is 1. The summed E-state index contributed by atoms with van der Waals surface area (Å²) in [5.41, 5.74) is 0.252. The number of piperidine rings is 3. The monoisotopic (exact) mass is 485 g/mol. The van der Waals surface area contributed by atoms with Gasteiger partial charge < -0.3 is 14.3 Å². The predicted octanol–water partition coefficient (Wildman–Crippen LogP) is 5.43. The van der Waals surface area contributed by atoms with E-state index in [1.807, 2.05) is 6.08 Å². The van der Waals surface area contributed by atoms with E-state index in [0.717, 1.165) is 6.42 Å². The summed E-state index contributed by atoms with van der Waals surface area (Å²) in [4.78, 5) is 4.49. The molecule has 0 radical (unpaired) electrons. The topological polar surface area (TPSA) is 42.4 Å². The smallest absolute Gasteiger partial charge is 0.198 e. The highest BCUT2D eigenvalue weighted by Gasteiger charge is 2.55. The summed E-state index contributed by atoms with van der Waals surface area (Å²) < 4.78 is 65.3. The Morgan fingerprint density at radius 1 is 1.11 bits per heavy atom. The lowest BCUT2D eigenvalue weighted by atomic mass is 9.71. The lowest BCUT2D eigenvalue weighted by Crippen LogP contribution is -2.67. The molecule has 0 aliphatic carbocycles. The second kappa shape index (κ2) is 7.77. The summed E-state index contributed by atoms with van der Waals surface area (Å²) in [6.07, 6.45) is 2.39. The van der Waals surface area contributed by atoms with Crippen molar-refractivity contribution in [3.05, 3.63) is 71.3 Å². The van der Waals surface area contributed by atoms with Crippen molar-refractivity contribution in [3.63, 3.8) is 0 Å². The average Bonchev–Trinajstić information content (AvgIpc) is 2.92. The van der Waals surface area contributed by atoms with Crippen LogP contribution in [0.4, 0.5) is 17.6 Å². The summed E-state index contributed by atoms with van der Waals surface area (Å²) in [6.45, 7) is 5.05. The number of hydrogen-bond acceptors (Lipinski definition) is 3. The maximum atomic E-state index is 15.4. The Bertz CT molecular complexity index is 1390. The van der Waals surface area contributed by atoms with Gasteiger partial charge >= 0.3 is 0 Å². The predicted molar refractivity (Wildman–Crippen MR) is 122 cm³/mol. The van der Waals surface area contributed by atoms with Gasteiger partial charge in [-0.05, 0) is 35.7 Å². The van der Waals surface area contributed by atoms with Gasteiger partial charge in [0.15, 0.2) is 23.3 Å². The van der Waals surface area contributed by atoms with E-state index >= 15 is 8.78 Å². The minimum Gasteiger partial charge on any atom is -0.497 e. The number of benzene rings is 2. The van der Waals surface area contributed by atoms with Gasteiger partial charge in [-0.25, -0.2) is 22.5 Å². The van der Waals surface area contributed by atoms with Crippen LogP contribution in [0.5, 0.6) is 5.75 Å². The standard InChI is InChI=1S/C27H25F4N2O2/c1-3-13-11-33-7-6-14(13)8-21(33)27(34)17-10-20(32-19-5-4-15(35-2)9-16(17)19)22-18(12-33)23(28)25(30)26(31)24(22)29/h3-5,9-10,13-14,21,27,34H,1,6-8,11-12H2,2H3/q+1/t13?,14?,21?,27-,33?/m1/s1. The zero-order valence-corrected chi connectivity index (χ0v) is 19.2. The van der Waals surface area contributed by atoms with Gasteiger partial charge in [-0.3, -0.25) is 0 Å². The second-order valence-corrected chi connectivity index (χ2v) is 10.1. The molecule has 1 spiro atoms. The number of quaternary nitrogens is 1. The largest absolute Gasteiger partial charge is 0.497 e. The molecule has 4 aliphatic rings. The van der Waals surface area contributed by atoms with Crippen molar-refractivity contribution in [2.75, 3.05) is 20.2 Å². The fraction of sp³-hybridized carbons (Fsp3) is 0.370. The Morgan fingerprint density at radius 3 is 2.63 bits per heavy atom. The number of methoxy groups -OCH3 is 1. The highest BCUT2D eigenvalue weighted by atomic mass is 19.2. The van der Waals surface area contributed by atoms with E-state index in [-0.39, 0.29) is 39.8 Å². The number of halogens is 4. The zero-order valence-electron chi connectivity index (χ0n) is 19.2. The van der Waals surface area contributed by atoms with Crippen LogP contribution >= 0.6 is 0 Å². The number of ether oxygens (including phenoxy) is 1. The molecule has 0 amide bonds. The lowest BCUT2D eigenvalue weighted by molar-refractivity contribution is -0.985. The summed E-state index contributed by atoms with van der Waals surface area (Å²) in [7, 11) is 1.53. The van der Waals surface area contributed by atoms with Crippen LogP contribution in [0.2, 0.25) is 0 Å². The van der Waals surface area contributed by atoms with E-state index in [0.29, 0.717) is 47.6 Å². The van der Waals surface area contributed by atoms with Crippen LogP contribution in [0.3, 0.4) is 0 Å². The average molecular weight is 486 g/mol. The van der Waals surface area contributed by atoms with Gasteiger partial charge in [0, 0.05) is 24.1 Å². The van der Waals surface area contributed by atoms with Gasteiger partial charge in [-0.15, -0.1) is 6.58 Å². The van der Waals surface area contributed by atoms with Crippen LogP contribution in [0.25, 0.3) is 22.2 Å². The highest BCUT2D eigenvalue weighted by molar-refractivity contribution is 5.87. The van der Waals surface area contributed by atoms with Crippen LogP contribution in [-0.2, 0) is 6.54 Å². The molecule has 5 atom stereocenters. The number of pyridine rings is 1. The lowest BCUT2D eigenvalue weighted by Gasteiger charge is -2.58. The van der Waals surface area contributed by atoms with Crippen molar-refractivity contribution in [1.82, 2.24) is 4.98 Å². The van der Waals surface area contributed by atoms with Gasteiger partial charge in [0.1, 0.15) is 24.4 Å². The van der Waals surface area contributed by atoms with Crippen LogP contribution in [-0.4, -0.2) is 40.8 Å². The van der Waals surface area contributed by atoms with E-state index in [9.17, 15) is 13.9 Å². The van der Waals surface area contributed by atoms with E-state index < -0.39 is 29.4 Å². The number of fused-ring (bicyclic) bond motifs is 8. The van der Waals surface area contributed by atoms with Crippen molar-refractivity contribution < 1.29 is 31.9 Å². The first-order chi connectivity index (χ1) is 16.8. The number of nitrogens with zero attached hydrogens (tertiary/aromatic N) is 2. The summed E-state index contributed by atoms with van der Waals surface area (Å²) in [5.74, 6) is -5.56. The zero-order chi connectivity index (χ0) is 24.6. The molecule has 7 rings (SSSR count). The third-order valence-electron chi connectivity index (χ3n) is 8.50. The Morgan fingerprint density at radius 2 is 1.89 bits per heavy atom. The number of aliphatic hydroxyl groups is 1. The minimum atomic E-state index is -1.86. The Labute approximate surface area is 200 Å². The molecule has 3 fully saturated rings. The fourth-order valence-electron chi connectivity index (χ4n) is 6.73. The molecule has 1 aromatic heterocycles. The van der Waals surface area contributed by atoms with Crippen LogP contribution in [0.1, 0.15) is 30.1 Å². The quantitative estimate of drug-likeness (QED) is 0.173. The summed E-state index contributed by atoms with van der Waals surface area (Å²) >= 11 is 0. The molecule has 4 aliphatic heterocycles. The molecule has 8 heteroatoms. The molecule has 35 heavy (non-hydrogen) atoms. The molecular formula is C27H25F4N2O2+. The van der Waals surface area contributed by atoms with Crippen molar-refractivity contribution in [3.8, 4) is 17.0 Å². The maximum absolute atomic E-state index is 15.4. The summed E-state index contributed by atoms with van der Waals surface area (Å²) in [5, 5.41) is 12.4. The molecule has 4 bridgehead atoms. The van der Waals surface area contributed by atoms with Crippen molar-refractivity contribution in [2.24, 2.45) is 11.8 Å². The third-order valence-corrected chi connectivity index (χ3v) is 8.50. The fourth-order valence-corrected chi connectivity index (χ4v) is 6.73. The molecule has 182 valence electrons. The van der Waals surface area contributed by atoms with Gasteiger partial charge in [-0.2, -0.15) is 0 Å². The molecule has 5 heterocycles. The van der Waals surface area contributed by atoms with Crippen molar-refractivity contribution >= 4 is 10.9 Å². The Hall–Kier alpha value is -2.97. The molecular weight excluding hydrogens is 460 g/mol. The van der Waals surface area contributed by atoms with E-state index in [4.69, 9.17) is 4.74 Å². The molecule has 1 N–H and O–H groups in total. The highest BCUT2D eigenvalue weighted by Crippen LogP contribution is 2.50. The van der Waals surface area contributed by atoms with E-state index in [1.165, 1.54) is 13.2 Å².